The number of thiazole rings is 1. The van der Waals surface area contributed by atoms with Gasteiger partial charge in [-0.25, -0.2) is 4.98 Å². The van der Waals surface area contributed by atoms with Crippen molar-refractivity contribution in [2.45, 2.75) is 13.0 Å². The maximum Gasteiger partial charge on any atom is 0.312 e. The van der Waals surface area contributed by atoms with E-state index >= 15 is 0 Å². The Hall–Kier alpha value is -2.22. The summed E-state index contributed by atoms with van der Waals surface area (Å²) in [6.45, 7) is 0.222. The van der Waals surface area contributed by atoms with Crippen LogP contribution in [-0.2, 0) is 27.3 Å². The highest BCUT2D eigenvalue weighted by molar-refractivity contribution is 7.13. The smallest absolute Gasteiger partial charge is 0.312 e. The number of ether oxygens (including phenoxy) is 1. The molecule has 1 amide bonds. The van der Waals surface area contributed by atoms with Gasteiger partial charge in [0.25, 0.3) is 5.91 Å². The number of benzene rings is 1. The number of thiophene rings is 1. The van der Waals surface area contributed by atoms with Crippen molar-refractivity contribution < 1.29 is 14.3 Å². The molecule has 140 valence electrons. The van der Waals surface area contributed by atoms with Crippen LogP contribution in [0, 0.1) is 0 Å². The second-order valence-electron chi connectivity index (χ2n) is 5.87. The number of esters is 1. The lowest BCUT2D eigenvalue weighted by molar-refractivity contribution is -0.151. The number of hydrogen-bond donors (Lipinski definition) is 0. The third kappa shape index (κ3) is 5.63. The summed E-state index contributed by atoms with van der Waals surface area (Å²) in [5, 5.41) is 7.16. The number of amides is 1. The third-order valence-corrected chi connectivity index (χ3v) is 5.64. The zero-order valence-electron chi connectivity index (χ0n) is 14.6. The van der Waals surface area contributed by atoms with E-state index in [1.807, 2.05) is 40.4 Å². The molecule has 3 aromatic rings. The van der Waals surface area contributed by atoms with Gasteiger partial charge < -0.3 is 9.64 Å². The summed E-state index contributed by atoms with van der Waals surface area (Å²) < 4.78 is 5.10. The van der Waals surface area contributed by atoms with Crippen LogP contribution in [0.1, 0.15) is 11.3 Å². The van der Waals surface area contributed by atoms with E-state index in [1.165, 1.54) is 16.2 Å². The molecule has 0 saturated heterocycles. The van der Waals surface area contributed by atoms with Crippen molar-refractivity contribution in [3.63, 3.8) is 0 Å². The third-order valence-electron chi connectivity index (χ3n) is 3.73. The van der Waals surface area contributed by atoms with Gasteiger partial charge in [0, 0.05) is 29.6 Å². The van der Waals surface area contributed by atoms with E-state index in [2.05, 4.69) is 4.98 Å². The number of hydrogen-bond acceptors (Lipinski definition) is 6. The van der Waals surface area contributed by atoms with Crippen molar-refractivity contribution in [2.75, 3.05) is 13.7 Å². The van der Waals surface area contributed by atoms with E-state index in [-0.39, 0.29) is 18.9 Å². The summed E-state index contributed by atoms with van der Waals surface area (Å²) >= 11 is 9.00. The Morgan fingerprint density at radius 1 is 1.26 bits per heavy atom. The summed E-state index contributed by atoms with van der Waals surface area (Å²) in [7, 11) is 1.69. The van der Waals surface area contributed by atoms with Crippen LogP contribution in [0.25, 0.3) is 10.6 Å². The molecule has 0 unspecified atom stereocenters. The summed E-state index contributed by atoms with van der Waals surface area (Å²) in [5.74, 6) is -0.720. The zero-order valence-corrected chi connectivity index (χ0v) is 16.9. The van der Waals surface area contributed by atoms with Gasteiger partial charge in [-0.15, -0.1) is 11.3 Å². The summed E-state index contributed by atoms with van der Waals surface area (Å²) in [5.41, 5.74) is 2.56. The van der Waals surface area contributed by atoms with Crippen molar-refractivity contribution in [1.29, 1.82) is 0 Å². The molecule has 1 aromatic carbocycles. The number of rotatable bonds is 7. The molecule has 0 aliphatic heterocycles. The predicted octanol–water partition coefficient (Wildman–Crippen LogP) is 4.27. The SMILES string of the molecule is CN(Cc1ccsc1)C(=O)COC(=O)Cc1csc(-c2cccc(Cl)c2)n1. The van der Waals surface area contributed by atoms with Crippen molar-refractivity contribution >= 4 is 46.2 Å². The lowest BCUT2D eigenvalue weighted by atomic mass is 10.2. The van der Waals surface area contributed by atoms with Crippen molar-refractivity contribution in [1.82, 2.24) is 9.88 Å². The van der Waals surface area contributed by atoms with Gasteiger partial charge in [0.1, 0.15) is 5.01 Å². The molecule has 0 aliphatic carbocycles. The minimum absolute atomic E-state index is 0.0264. The molecule has 2 heterocycles. The van der Waals surface area contributed by atoms with E-state index in [9.17, 15) is 9.59 Å². The van der Waals surface area contributed by atoms with Crippen LogP contribution in [0.15, 0.2) is 46.5 Å². The van der Waals surface area contributed by atoms with Gasteiger partial charge in [0.15, 0.2) is 6.61 Å². The molecular weight excluding hydrogens is 404 g/mol. The van der Waals surface area contributed by atoms with Gasteiger partial charge in [0.05, 0.1) is 12.1 Å². The molecule has 0 bridgehead atoms. The average Bonchev–Trinajstić information content (AvgIpc) is 3.31. The fraction of sp³-hybridized carbons (Fsp3) is 0.211. The highest BCUT2D eigenvalue weighted by Crippen LogP contribution is 2.26. The lowest BCUT2D eigenvalue weighted by Crippen LogP contribution is -2.30. The number of aromatic nitrogens is 1. The van der Waals surface area contributed by atoms with Gasteiger partial charge in [-0.1, -0.05) is 23.7 Å². The standard InChI is InChI=1S/C19H17ClN2O3S2/c1-22(9-13-5-6-26-11-13)17(23)10-25-18(24)8-16-12-27-19(21-16)14-3-2-4-15(20)7-14/h2-7,11-12H,8-10H2,1H3. The second kappa shape index (κ2) is 9.12. The Morgan fingerprint density at radius 3 is 2.85 bits per heavy atom. The molecule has 27 heavy (non-hydrogen) atoms. The Bertz CT molecular complexity index is 925. The van der Waals surface area contributed by atoms with E-state index in [1.54, 1.807) is 24.5 Å². The lowest BCUT2D eigenvalue weighted by Gasteiger charge is -2.16. The van der Waals surface area contributed by atoms with Crippen molar-refractivity contribution in [3.8, 4) is 10.6 Å². The van der Waals surface area contributed by atoms with Crippen LogP contribution < -0.4 is 0 Å². The minimum atomic E-state index is -0.477. The zero-order chi connectivity index (χ0) is 19.2. The van der Waals surface area contributed by atoms with E-state index in [0.717, 1.165) is 16.1 Å². The first-order valence-electron chi connectivity index (χ1n) is 8.12. The fourth-order valence-electron chi connectivity index (χ4n) is 2.34. The quantitative estimate of drug-likeness (QED) is 0.535. The first-order chi connectivity index (χ1) is 13.0. The van der Waals surface area contributed by atoms with Crippen LogP contribution >= 0.6 is 34.3 Å². The summed E-state index contributed by atoms with van der Waals surface area (Å²) in [6, 6.07) is 9.34. The maximum absolute atomic E-state index is 12.1. The van der Waals surface area contributed by atoms with E-state index < -0.39 is 5.97 Å². The summed E-state index contributed by atoms with van der Waals surface area (Å²) in [6.07, 6.45) is 0.0264. The number of nitrogens with zero attached hydrogens (tertiary/aromatic N) is 2. The molecular formula is C19H17ClN2O3S2. The first-order valence-corrected chi connectivity index (χ1v) is 10.3. The molecule has 0 spiro atoms. The molecule has 0 saturated carbocycles. The van der Waals surface area contributed by atoms with Crippen LogP contribution in [0.5, 0.6) is 0 Å². The van der Waals surface area contributed by atoms with Crippen molar-refractivity contribution in [2.24, 2.45) is 0 Å². The second-order valence-corrected chi connectivity index (χ2v) is 7.95. The van der Waals surface area contributed by atoms with Gasteiger partial charge in [-0.3, -0.25) is 9.59 Å². The Balaban J connectivity index is 1.49. The summed E-state index contributed by atoms with van der Waals surface area (Å²) in [4.78, 5) is 30.1. The van der Waals surface area contributed by atoms with Crippen LogP contribution in [0.2, 0.25) is 5.02 Å². The van der Waals surface area contributed by atoms with Gasteiger partial charge >= 0.3 is 5.97 Å². The molecule has 2 aromatic heterocycles. The van der Waals surface area contributed by atoms with E-state index in [0.29, 0.717) is 17.3 Å². The number of halogens is 1. The highest BCUT2D eigenvalue weighted by atomic mass is 35.5. The average molecular weight is 421 g/mol. The monoisotopic (exact) mass is 420 g/mol. The molecule has 8 heteroatoms. The molecule has 0 atom stereocenters. The fourth-order valence-corrected chi connectivity index (χ4v) is 4.01. The first kappa shape index (κ1) is 19.5. The number of carbonyl (C=O) groups is 2. The molecule has 0 aliphatic rings. The largest absolute Gasteiger partial charge is 0.455 e. The van der Waals surface area contributed by atoms with Gasteiger partial charge in [-0.05, 0) is 34.5 Å². The topological polar surface area (TPSA) is 59.5 Å². The Morgan fingerprint density at radius 2 is 2.11 bits per heavy atom. The molecule has 0 fully saturated rings. The maximum atomic E-state index is 12.1. The van der Waals surface area contributed by atoms with Crippen LogP contribution in [0.4, 0.5) is 0 Å². The number of carbonyl (C=O) groups excluding carboxylic acids is 2. The number of likely N-dealkylation sites (N-methyl/N-ethyl adjacent to an activating group) is 1. The van der Waals surface area contributed by atoms with Gasteiger partial charge in [0.2, 0.25) is 0 Å². The Kier molecular flexibility index (Phi) is 6.60. The Labute approximate surface area is 170 Å². The molecule has 0 radical (unpaired) electrons. The molecule has 3 rings (SSSR count). The van der Waals surface area contributed by atoms with Gasteiger partial charge in [-0.2, -0.15) is 11.3 Å². The van der Waals surface area contributed by atoms with Crippen LogP contribution in [0.3, 0.4) is 0 Å². The normalized spacial score (nSPS) is 10.6. The van der Waals surface area contributed by atoms with E-state index in [4.69, 9.17) is 16.3 Å². The minimum Gasteiger partial charge on any atom is -0.455 e. The predicted molar refractivity (Wildman–Crippen MR) is 108 cm³/mol. The van der Waals surface area contributed by atoms with Crippen molar-refractivity contribution in [3.05, 3.63) is 62.8 Å². The molecule has 0 N–H and O–H groups in total. The molecule has 5 nitrogen and oxygen atoms in total. The van der Waals surface area contributed by atoms with Crippen LogP contribution in [-0.4, -0.2) is 35.4 Å². The highest BCUT2D eigenvalue weighted by Gasteiger charge is 2.15.